The first-order valence-electron chi connectivity index (χ1n) is 7.44. The van der Waals surface area contributed by atoms with Gasteiger partial charge >= 0.3 is 5.97 Å². The molecular weight excluding hydrogens is 292 g/mol. The van der Waals surface area contributed by atoms with E-state index in [-0.39, 0.29) is 29.2 Å². The summed E-state index contributed by atoms with van der Waals surface area (Å²) in [6.07, 6.45) is 1.43. The molecule has 1 aliphatic carbocycles. The molecule has 22 heavy (non-hydrogen) atoms. The molecule has 1 saturated carbocycles. The van der Waals surface area contributed by atoms with Crippen LogP contribution >= 0.6 is 0 Å². The molecule has 0 spiro atoms. The van der Waals surface area contributed by atoms with E-state index in [0.717, 1.165) is 6.07 Å². The summed E-state index contributed by atoms with van der Waals surface area (Å²) in [5, 5.41) is 8.95. The van der Waals surface area contributed by atoms with Gasteiger partial charge in [-0.25, -0.2) is 8.78 Å². The van der Waals surface area contributed by atoms with Crippen molar-refractivity contribution in [2.45, 2.75) is 25.2 Å². The topological polar surface area (TPSA) is 57.6 Å². The predicted molar refractivity (Wildman–Crippen MR) is 74.1 cm³/mol. The van der Waals surface area contributed by atoms with E-state index >= 15 is 0 Å². The minimum absolute atomic E-state index is 0.0718. The highest BCUT2D eigenvalue weighted by molar-refractivity contribution is 5.83. The molecule has 1 N–H and O–H groups in total. The highest BCUT2D eigenvalue weighted by Gasteiger charge is 2.47. The first-order chi connectivity index (χ1) is 10.5. The quantitative estimate of drug-likeness (QED) is 0.932. The summed E-state index contributed by atoms with van der Waals surface area (Å²) in [5.41, 5.74) is 0.263. The number of piperidine rings is 1. The number of hydrogen-bond donors (Lipinski definition) is 1. The van der Waals surface area contributed by atoms with Crippen molar-refractivity contribution in [2.24, 2.45) is 11.8 Å². The fourth-order valence-electron chi connectivity index (χ4n) is 3.20. The third kappa shape index (κ3) is 2.69. The largest absolute Gasteiger partial charge is 0.481 e. The number of carboxylic acid groups (broad SMARTS) is 1. The lowest BCUT2D eigenvalue weighted by molar-refractivity contribution is -0.146. The van der Waals surface area contributed by atoms with Crippen LogP contribution in [0.2, 0.25) is 0 Å². The number of benzene rings is 1. The molecule has 118 valence electrons. The van der Waals surface area contributed by atoms with Crippen LogP contribution in [-0.2, 0) is 9.59 Å². The van der Waals surface area contributed by atoms with Crippen LogP contribution in [-0.4, -0.2) is 35.0 Å². The van der Waals surface area contributed by atoms with E-state index in [1.165, 1.54) is 12.1 Å². The molecule has 0 aromatic heterocycles. The van der Waals surface area contributed by atoms with Gasteiger partial charge in [0, 0.05) is 19.0 Å². The number of hydrogen-bond acceptors (Lipinski definition) is 2. The summed E-state index contributed by atoms with van der Waals surface area (Å²) < 4.78 is 27.0. The zero-order chi connectivity index (χ0) is 15.9. The monoisotopic (exact) mass is 309 g/mol. The van der Waals surface area contributed by atoms with Gasteiger partial charge in [-0.05, 0) is 36.8 Å². The van der Waals surface area contributed by atoms with Gasteiger partial charge < -0.3 is 10.0 Å². The Labute approximate surface area is 126 Å². The summed E-state index contributed by atoms with van der Waals surface area (Å²) in [7, 11) is 0. The van der Waals surface area contributed by atoms with Crippen LogP contribution in [0, 0.1) is 23.5 Å². The second-order valence-electron chi connectivity index (χ2n) is 6.03. The minimum atomic E-state index is -0.891. The van der Waals surface area contributed by atoms with Crippen molar-refractivity contribution in [3.63, 3.8) is 0 Å². The Bertz CT molecular complexity index is 611. The van der Waals surface area contributed by atoms with Crippen LogP contribution in [0.15, 0.2) is 18.2 Å². The van der Waals surface area contributed by atoms with E-state index in [2.05, 4.69) is 0 Å². The molecule has 3 rings (SSSR count). The third-order valence-corrected chi connectivity index (χ3v) is 4.64. The van der Waals surface area contributed by atoms with Crippen molar-refractivity contribution in [1.82, 2.24) is 4.90 Å². The van der Waals surface area contributed by atoms with Crippen molar-refractivity contribution in [1.29, 1.82) is 0 Å². The summed E-state index contributed by atoms with van der Waals surface area (Å²) in [4.78, 5) is 24.9. The first-order valence-corrected chi connectivity index (χ1v) is 7.44. The number of carboxylic acids is 1. The lowest BCUT2D eigenvalue weighted by Gasteiger charge is -2.30. The number of nitrogens with zero attached hydrogens (tertiary/aromatic N) is 1. The normalized spacial score (nSPS) is 25.1. The molecule has 1 aliphatic heterocycles. The van der Waals surface area contributed by atoms with E-state index in [1.54, 1.807) is 4.90 Å². The average Bonchev–Trinajstić information content (AvgIpc) is 3.30. The van der Waals surface area contributed by atoms with Crippen LogP contribution in [0.4, 0.5) is 8.78 Å². The van der Waals surface area contributed by atoms with E-state index in [1.807, 2.05) is 0 Å². The van der Waals surface area contributed by atoms with Gasteiger partial charge in [0.15, 0.2) is 11.6 Å². The van der Waals surface area contributed by atoms with E-state index in [4.69, 9.17) is 5.11 Å². The molecule has 1 amide bonds. The number of carbonyl (C=O) groups is 2. The van der Waals surface area contributed by atoms with E-state index in [0.29, 0.717) is 32.4 Å². The smallest absolute Gasteiger partial charge is 0.306 e. The minimum Gasteiger partial charge on any atom is -0.481 e. The maximum absolute atomic E-state index is 13.7. The number of aliphatic carboxylic acids is 1. The highest BCUT2D eigenvalue weighted by atomic mass is 19.2. The third-order valence-electron chi connectivity index (χ3n) is 4.64. The molecular formula is C16H17F2NO3. The van der Waals surface area contributed by atoms with Crippen molar-refractivity contribution in [3.8, 4) is 0 Å². The van der Waals surface area contributed by atoms with Crippen molar-refractivity contribution < 1.29 is 23.5 Å². The maximum Gasteiger partial charge on any atom is 0.306 e. The molecule has 0 bridgehead atoms. The molecule has 0 radical (unpaired) electrons. The van der Waals surface area contributed by atoms with Crippen LogP contribution in [0.5, 0.6) is 0 Å². The summed E-state index contributed by atoms with van der Waals surface area (Å²) in [5.74, 6) is -3.61. The second-order valence-corrected chi connectivity index (χ2v) is 6.03. The van der Waals surface area contributed by atoms with Gasteiger partial charge in [-0.2, -0.15) is 0 Å². The molecule has 2 atom stereocenters. The summed E-state index contributed by atoms with van der Waals surface area (Å²) in [6, 6.07) is 4.04. The fourth-order valence-corrected chi connectivity index (χ4v) is 3.20. The summed E-state index contributed by atoms with van der Waals surface area (Å²) >= 11 is 0. The predicted octanol–water partition coefficient (Wildman–Crippen LogP) is 2.39. The van der Waals surface area contributed by atoms with Crippen LogP contribution < -0.4 is 0 Å². The number of carbonyl (C=O) groups excluding carboxylic acids is 1. The van der Waals surface area contributed by atoms with Crippen LogP contribution in [0.3, 0.4) is 0 Å². The maximum atomic E-state index is 13.7. The van der Waals surface area contributed by atoms with Crippen molar-refractivity contribution in [2.75, 3.05) is 13.1 Å². The Kier molecular flexibility index (Phi) is 3.85. The lowest BCUT2D eigenvalue weighted by atomic mass is 9.96. The van der Waals surface area contributed by atoms with Crippen LogP contribution in [0.1, 0.15) is 30.7 Å². The molecule has 2 aliphatic rings. The van der Waals surface area contributed by atoms with E-state index in [9.17, 15) is 18.4 Å². The zero-order valence-corrected chi connectivity index (χ0v) is 12.0. The molecule has 6 heteroatoms. The van der Waals surface area contributed by atoms with Gasteiger partial charge in [0.2, 0.25) is 5.91 Å². The SMILES string of the molecule is O=C(O)C1CCN(C(=O)C2CC2c2cccc(F)c2F)CC1. The van der Waals surface area contributed by atoms with Crippen molar-refractivity contribution in [3.05, 3.63) is 35.4 Å². The van der Waals surface area contributed by atoms with Gasteiger partial charge in [-0.1, -0.05) is 12.1 Å². The standard InChI is InChI=1S/C16H17F2NO3/c17-13-3-1-2-10(14(13)18)11-8-12(11)15(20)19-6-4-9(5-7-19)16(21)22/h1-3,9,11-12H,4-8H2,(H,21,22). The van der Waals surface area contributed by atoms with Crippen LogP contribution in [0.25, 0.3) is 0 Å². The van der Waals surface area contributed by atoms with Gasteiger partial charge in [0.05, 0.1) is 5.92 Å². The van der Waals surface area contributed by atoms with Gasteiger partial charge in [-0.3, -0.25) is 9.59 Å². The molecule has 1 saturated heterocycles. The molecule has 1 heterocycles. The molecule has 2 unspecified atom stereocenters. The number of halogens is 2. The Balaban J connectivity index is 1.62. The highest BCUT2D eigenvalue weighted by Crippen LogP contribution is 2.49. The number of amides is 1. The molecule has 4 nitrogen and oxygen atoms in total. The lowest BCUT2D eigenvalue weighted by Crippen LogP contribution is -2.41. The molecule has 1 aromatic rings. The summed E-state index contributed by atoms with van der Waals surface area (Å²) in [6.45, 7) is 0.843. The Morgan fingerprint density at radius 1 is 1.18 bits per heavy atom. The Hall–Kier alpha value is -1.98. The number of rotatable bonds is 3. The van der Waals surface area contributed by atoms with Gasteiger partial charge in [0.25, 0.3) is 0 Å². The molecule has 2 fully saturated rings. The Morgan fingerprint density at radius 3 is 2.50 bits per heavy atom. The second kappa shape index (κ2) is 5.66. The molecule has 1 aromatic carbocycles. The fraction of sp³-hybridized carbons (Fsp3) is 0.500. The van der Waals surface area contributed by atoms with Gasteiger partial charge in [0.1, 0.15) is 0 Å². The van der Waals surface area contributed by atoms with E-state index < -0.39 is 17.6 Å². The number of likely N-dealkylation sites (tertiary alicyclic amines) is 1. The Morgan fingerprint density at radius 2 is 1.86 bits per heavy atom. The van der Waals surface area contributed by atoms with Gasteiger partial charge in [-0.15, -0.1) is 0 Å². The zero-order valence-electron chi connectivity index (χ0n) is 12.0. The van der Waals surface area contributed by atoms with Crippen molar-refractivity contribution >= 4 is 11.9 Å². The average molecular weight is 309 g/mol. The first kappa shape index (κ1) is 14.9.